The molecule has 3 rings (SSSR count). The molecule has 2 aromatic rings. The largest absolute Gasteiger partial charge is 0.477 e. The van der Waals surface area contributed by atoms with E-state index in [9.17, 15) is 9.90 Å². The van der Waals surface area contributed by atoms with Crippen molar-refractivity contribution in [2.75, 3.05) is 5.32 Å². The highest BCUT2D eigenvalue weighted by atomic mass is 16.4. The van der Waals surface area contributed by atoms with E-state index in [4.69, 9.17) is 0 Å². The quantitative estimate of drug-likeness (QED) is 0.899. The minimum atomic E-state index is -1.03. The van der Waals surface area contributed by atoms with Gasteiger partial charge in [-0.3, -0.25) is 0 Å². The number of hydrogen-bond donors (Lipinski definition) is 2. The average molecular weight is 274 g/mol. The number of carboxylic acid groups (broad SMARTS) is 1. The number of hydrogen-bond acceptors (Lipinski definition) is 4. The molecule has 0 amide bonds. The minimum absolute atomic E-state index is 0.0338. The lowest BCUT2D eigenvalue weighted by atomic mass is 10.1. The van der Waals surface area contributed by atoms with Gasteiger partial charge in [-0.15, -0.1) is 0 Å². The standard InChI is InChI=1S/C14H18N4O2/c1-14(2,3)16-12-7-10(13(19)20)15-11-6-9(8-4-5-8)17-18(11)12/h6-8,16H,4-5H2,1-3H3,(H,19,20). The maximum atomic E-state index is 11.2. The van der Waals surface area contributed by atoms with Crippen LogP contribution in [0, 0.1) is 0 Å². The number of nitrogens with zero attached hydrogens (tertiary/aromatic N) is 3. The van der Waals surface area contributed by atoms with Crippen LogP contribution in [0.4, 0.5) is 5.82 Å². The third kappa shape index (κ3) is 2.45. The summed E-state index contributed by atoms with van der Waals surface area (Å²) in [6.45, 7) is 6.06. The van der Waals surface area contributed by atoms with E-state index in [1.54, 1.807) is 4.52 Å². The molecule has 0 bridgehead atoms. The highest BCUT2D eigenvalue weighted by molar-refractivity contribution is 5.87. The lowest BCUT2D eigenvalue weighted by Crippen LogP contribution is -2.28. The molecule has 2 N–H and O–H groups in total. The lowest BCUT2D eigenvalue weighted by Gasteiger charge is -2.22. The molecule has 0 aliphatic heterocycles. The van der Waals surface area contributed by atoms with Crippen LogP contribution in [0.15, 0.2) is 12.1 Å². The Kier molecular flexibility index (Phi) is 2.70. The predicted molar refractivity (Wildman–Crippen MR) is 75.3 cm³/mol. The molecule has 0 spiro atoms. The van der Waals surface area contributed by atoms with E-state index >= 15 is 0 Å². The summed E-state index contributed by atoms with van der Waals surface area (Å²) in [5.41, 5.74) is 1.43. The van der Waals surface area contributed by atoms with Gasteiger partial charge in [0.1, 0.15) is 5.82 Å². The summed E-state index contributed by atoms with van der Waals surface area (Å²) in [5, 5.41) is 17.0. The van der Waals surface area contributed by atoms with Crippen molar-refractivity contribution in [2.45, 2.75) is 45.1 Å². The van der Waals surface area contributed by atoms with Gasteiger partial charge in [-0.05, 0) is 33.6 Å². The van der Waals surface area contributed by atoms with Gasteiger partial charge in [0.15, 0.2) is 11.3 Å². The molecule has 0 unspecified atom stereocenters. The number of carbonyl (C=O) groups is 1. The van der Waals surface area contributed by atoms with E-state index in [1.165, 1.54) is 6.07 Å². The maximum absolute atomic E-state index is 11.2. The van der Waals surface area contributed by atoms with Gasteiger partial charge < -0.3 is 10.4 Å². The SMILES string of the molecule is CC(C)(C)Nc1cc(C(=O)O)nc2cc(C3CC3)nn12. The van der Waals surface area contributed by atoms with Crippen molar-refractivity contribution in [3.63, 3.8) is 0 Å². The molecule has 6 heteroatoms. The molecule has 20 heavy (non-hydrogen) atoms. The molecule has 0 aromatic carbocycles. The van der Waals surface area contributed by atoms with E-state index in [1.807, 2.05) is 26.8 Å². The lowest BCUT2D eigenvalue weighted by molar-refractivity contribution is 0.0690. The Balaban J connectivity index is 2.15. The summed E-state index contributed by atoms with van der Waals surface area (Å²) < 4.78 is 1.70. The molecule has 0 radical (unpaired) electrons. The van der Waals surface area contributed by atoms with Gasteiger partial charge in [0.25, 0.3) is 0 Å². The van der Waals surface area contributed by atoms with Crippen molar-refractivity contribution in [1.82, 2.24) is 14.6 Å². The van der Waals surface area contributed by atoms with E-state index in [2.05, 4.69) is 15.4 Å². The van der Waals surface area contributed by atoms with Crippen molar-refractivity contribution in [2.24, 2.45) is 0 Å². The number of fused-ring (bicyclic) bond motifs is 1. The smallest absolute Gasteiger partial charge is 0.354 e. The van der Waals surface area contributed by atoms with Crippen LogP contribution in [0.2, 0.25) is 0 Å². The van der Waals surface area contributed by atoms with Gasteiger partial charge in [-0.2, -0.15) is 9.61 Å². The number of aromatic nitrogens is 3. The first kappa shape index (κ1) is 12.9. The van der Waals surface area contributed by atoms with Crippen LogP contribution in [0.25, 0.3) is 5.65 Å². The Morgan fingerprint density at radius 3 is 2.65 bits per heavy atom. The molecule has 1 aliphatic carbocycles. The molecule has 2 heterocycles. The zero-order valence-electron chi connectivity index (χ0n) is 11.8. The van der Waals surface area contributed by atoms with Crippen LogP contribution in [0.1, 0.15) is 55.7 Å². The fourth-order valence-corrected chi connectivity index (χ4v) is 2.15. The highest BCUT2D eigenvalue weighted by Gasteiger charge is 2.27. The van der Waals surface area contributed by atoms with Crippen LogP contribution < -0.4 is 5.32 Å². The second kappa shape index (κ2) is 4.19. The number of anilines is 1. The van der Waals surface area contributed by atoms with Crippen LogP contribution in [0.5, 0.6) is 0 Å². The van der Waals surface area contributed by atoms with Gasteiger partial charge in [0, 0.05) is 23.6 Å². The van der Waals surface area contributed by atoms with Gasteiger partial charge in [0.2, 0.25) is 0 Å². The fourth-order valence-electron chi connectivity index (χ4n) is 2.15. The molecular weight excluding hydrogens is 256 g/mol. The third-order valence-electron chi connectivity index (χ3n) is 3.16. The monoisotopic (exact) mass is 274 g/mol. The molecule has 1 saturated carbocycles. The Hall–Kier alpha value is -2.11. The maximum Gasteiger partial charge on any atom is 0.354 e. The fraction of sp³-hybridized carbons (Fsp3) is 0.500. The highest BCUT2D eigenvalue weighted by Crippen LogP contribution is 2.39. The van der Waals surface area contributed by atoms with Crippen molar-refractivity contribution < 1.29 is 9.90 Å². The molecule has 0 saturated heterocycles. The first-order valence-corrected chi connectivity index (χ1v) is 6.76. The van der Waals surface area contributed by atoms with Gasteiger partial charge in [-0.1, -0.05) is 0 Å². The topological polar surface area (TPSA) is 79.5 Å². The summed E-state index contributed by atoms with van der Waals surface area (Å²) in [7, 11) is 0. The summed E-state index contributed by atoms with van der Waals surface area (Å²) in [6.07, 6.45) is 2.30. The van der Waals surface area contributed by atoms with Crippen LogP contribution >= 0.6 is 0 Å². The average Bonchev–Trinajstić information content (AvgIpc) is 3.07. The number of carboxylic acids is 1. The van der Waals surface area contributed by atoms with Crippen molar-refractivity contribution in [1.29, 1.82) is 0 Å². The molecule has 1 fully saturated rings. The van der Waals surface area contributed by atoms with Gasteiger partial charge in [-0.25, -0.2) is 9.78 Å². The Morgan fingerprint density at radius 2 is 2.10 bits per heavy atom. The van der Waals surface area contributed by atoms with Crippen LogP contribution in [-0.2, 0) is 0 Å². The normalized spacial score (nSPS) is 15.6. The summed E-state index contributed by atoms with van der Waals surface area (Å²) in [4.78, 5) is 15.4. The van der Waals surface area contributed by atoms with Crippen molar-refractivity contribution in [3.05, 3.63) is 23.5 Å². The minimum Gasteiger partial charge on any atom is -0.477 e. The number of rotatable bonds is 3. The van der Waals surface area contributed by atoms with Crippen molar-refractivity contribution >= 4 is 17.4 Å². The molecule has 106 valence electrons. The van der Waals surface area contributed by atoms with E-state index in [-0.39, 0.29) is 11.2 Å². The summed E-state index contributed by atoms with van der Waals surface area (Å²) in [5.74, 6) is 0.137. The Labute approximate surface area is 116 Å². The number of nitrogens with one attached hydrogen (secondary N) is 1. The number of aromatic carboxylic acids is 1. The zero-order chi connectivity index (χ0) is 14.5. The molecule has 2 aromatic heterocycles. The van der Waals surface area contributed by atoms with E-state index in [0.29, 0.717) is 17.4 Å². The van der Waals surface area contributed by atoms with Crippen LogP contribution in [0.3, 0.4) is 0 Å². The summed E-state index contributed by atoms with van der Waals surface area (Å²) >= 11 is 0. The van der Waals surface area contributed by atoms with Crippen molar-refractivity contribution in [3.8, 4) is 0 Å². The first-order valence-electron chi connectivity index (χ1n) is 6.76. The van der Waals surface area contributed by atoms with Gasteiger partial charge >= 0.3 is 5.97 Å². The van der Waals surface area contributed by atoms with E-state index < -0.39 is 5.97 Å². The molecule has 0 atom stereocenters. The molecule has 6 nitrogen and oxygen atoms in total. The third-order valence-corrected chi connectivity index (χ3v) is 3.16. The first-order chi connectivity index (χ1) is 9.33. The molecule has 1 aliphatic rings. The second-order valence-electron chi connectivity index (χ2n) is 6.32. The Bertz CT molecular complexity index is 680. The summed E-state index contributed by atoms with van der Waals surface area (Å²) in [6, 6.07) is 3.42. The van der Waals surface area contributed by atoms with E-state index in [0.717, 1.165) is 18.5 Å². The second-order valence-corrected chi connectivity index (χ2v) is 6.32. The predicted octanol–water partition coefficient (Wildman–Crippen LogP) is 2.52. The molecular formula is C14H18N4O2. The van der Waals surface area contributed by atoms with Gasteiger partial charge in [0.05, 0.1) is 5.69 Å². The zero-order valence-corrected chi connectivity index (χ0v) is 11.8. The Morgan fingerprint density at radius 1 is 1.40 bits per heavy atom. The van der Waals surface area contributed by atoms with Crippen LogP contribution in [-0.4, -0.2) is 31.2 Å².